The molecule has 22 heavy (non-hydrogen) atoms. The summed E-state index contributed by atoms with van der Waals surface area (Å²) in [4.78, 5) is 0. The molecule has 4 aliphatic carbocycles. The molecule has 0 aromatic carbocycles. The molecule has 0 aromatic rings. The summed E-state index contributed by atoms with van der Waals surface area (Å²) in [7, 11) is -5.42. The predicted molar refractivity (Wildman–Crippen MR) is 70.5 cm³/mol. The lowest BCUT2D eigenvalue weighted by Crippen LogP contribution is -2.60. The van der Waals surface area contributed by atoms with Crippen molar-refractivity contribution >= 4 is 9.84 Å². The molecule has 4 aliphatic rings. The second-order valence-electron chi connectivity index (χ2n) is 7.48. The number of fused-ring (bicyclic) bond motifs is 1. The molecular weight excluding hydrogens is 321 g/mol. The number of rotatable bonds is 1. The molecule has 4 nitrogen and oxygen atoms in total. The third-order valence-electron chi connectivity index (χ3n) is 7.35. The molecular formula is C14H19F3O4S. The van der Waals surface area contributed by atoms with Crippen LogP contribution in [0.25, 0.3) is 0 Å². The fraction of sp³-hybridized carbons (Fsp3) is 1.00. The Morgan fingerprint density at radius 2 is 1.59 bits per heavy atom. The zero-order valence-electron chi connectivity index (χ0n) is 12.0. The fourth-order valence-electron chi connectivity index (χ4n) is 6.64. The van der Waals surface area contributed by atoms with Crippen molar-refractivity contribution in [2.45, 2.75) is 73.3 Å². The molecule has 0 amide bonds. The molecule has 0 saturated heterocycles. The minimum Gasteiger partial charge on any atom is -0.390 e. The van der Waals surface area contributed by atoms with Crippen LogP contribution in [0.5, 0.6) is 0 Å². The molecule has 0 aromatic heterocycles. The summed E-state index contributed by atoms with van der Waals surface area (Å²) in [6.45, 7) is 0. The van der Waals surface area contributed by atoms with E-state index in [4.69, 9.17) is 0 Å². The third kappa shape index (κ3) is 1.08. The fourth-order valence-corrected chi connectivity index (χ4v) is 8.74. The number of aliphatic hydroxyl groups is 2. The molecule has 2 N–H and O–H groups in total. The first-order valence-corrected chi connectivity index (χ1v) is 9.24. The normalized spacial score (nSPS) is 49.4. The highest BCUT2D eigenvalue weighted by Gasteiger charge is 3.02. The Bertz CT molecular complexity index is 639. The number of aliphatic hydroxyl groups excluding tert-OH is 1. The molecule has 4 rings (SSSR count). The Hall–Kier alpha value is -0.340. The average molecular weight is 340 g/mol. The number of hydrogen-bond acceptors (Lipinski definition) is 4. The van der Waals surface area contributed by atoms with Gasteiger partial charge in [-0.3, -0.25) is 0 Å². The maximum Gasteiger partial charge on any atom is 0.497 e. The van der Waals surface area contributed by atoms with Gasteiger partial charge in [0.1, 0.15) is 5.60 Å². The molecule has 8 heteroatoms. The summed E-state index contributed by atoms with van der Waals surface area (Å²) in [6.07, 6.45) is 1.75. The van der Waals surface area contributed by atoms with E-state index in [1.54, 1.807) is 0 Å². The van der Waals surface area contributed by atoms with E-state index in [1.165, 1.54) is 0 Å². The third-order valence-corrected chi connectivity index (χ3v) is 9.71. The molecule has 4 saturated carbocycles. The van der Waals surface area contributed by atoms with E-state index in [2.05, 4.69) is 0 Å². The van der Waals surface area contributed by atoms with E-state index in [0.29, 0.717) is 12.8 Å². The van der Waals surface area contributed by atoms with Crippen molar-refractivity contribution in [3.8, 4) is 0 Å². The first-order chi connectivity index (χ1) is 10.0. The molecule has 0 aliphatic heterocycles. The van der Waals surface area contributed by atoms with Gasteiger partial charge in [0.2, 0.25) is 0 Å². The second-order valence-corrected chi connectivity index (χ2v) is 9.73. The zero-order valence-corrected chi connectivity index (χ0v) is 12.8. The monoisotopic (exact) mass is 340 g/mol. The highest BCUT2D eigenvalue weighted by molar-refractivity contribution is 7.93. The van der Waals surface area contributed by atoms with E-state index in [1.807, 2.05) is 0 Å². The SMILES string of the molecule is O=S(=O)(C(F)(F)F)[C@@]12CC[C@]13C1(CCCCC1)[C@]3(O)[C@@H](O)C2. The van der Waals surface area contributed by atoms with Gasteiger partial charge in [-0.2, -0.15) is 13.2 Å². The Balaban J connectivity index is 1.89. The highest BCUT2D eigenvalue weighted by atomic mass is 32.2. The standard InChI is InChI=1S/C14H19F3O4S/c15-14(16,17)22(20,21)11-6-7-12(11)10(4-2-1-3-5-10)13(12,19)9(18)8-11/h9,18-19H,1-8H2/t9-,11+,12-,13+/m0/s1. The number of alkyl halides is 3. The predicted octanol–water partition coefficient (Wildman–Crippen LogP) is 1.90. The van der Waals surface area contributed by atoms with Crippen molar-refractivity contribution in [2.24, 2.45) is 10.8 Å². The number of sulfone groups is 1. The molecule has 0 bridgehead atoms. The summed E-state index contributed by atoms with van der Waals surface area (Å²) in [5.41, 5.74) is -9.13. The van der Waals surface area contributed by atoms with Crippen LogP contribution in [0.1, 0.15) is 51.4 Å². The van der Waals surface area contributed by atoms with Crippen molar-refractivity contribution in [3.05, 3.63) is 0 Å². The van der Waals surface area contributed by atoms with Gasteiger partial charge >= 0.3 is 5.51 Å². The van der Waals surface area contributed by atoms with Crippen LogP contribution in [-0.4, -0.2) is 40.6 Å². The van der Waals surface area contributed by atoms with Crippen LogP contribution in [0.2, 0.25) is 0 Å². The first kappa shape index (κ1) is 15.2. The van der Waals surface area contributed by atoms with Gasteiger partial charge in [-0.25, -0.2) is 8.42 Å². The van der Waals surface area contributed by atoms with Gasteiger partial charge in [-0.05, 0) is 32.1 Å². The quantitative estimate of drug-likeness (QED) is 0.765. The lowest BCUT2D eigenvalue weighted by atomic mass is 9.61. The molecule has 4 atom stereocenters. The molecule has 0 heterocycles. The second kappa shape index (κ2) is 3.67. The molecule has 0 radical (unpaired) electrons. The van der Waals surface area contributed by atoms with Gasteiger partial charge in [-0.15, -0.1) is 0 Å². The van der Waals surface area contributed by atoms with E-state index in [9.17, 15) is 31.8 Å². The first-order valence-electron chi connectivity index (χ1n) is 7.76. The topological polar surface area (TPSA) is 74.6 Å². The minimum atomic E-state index is -5.42. The van der Waals surface area contributed by atoms with E-state index < -0.39 is 49.0 Å². The summed E-state index contributed by atoms with van der Waals surface area (Å²) in [5, 5.41) is 21.3. The van der Waals surface area contributed by atoms with Crippen LogP contribution in [0.4, 0.5) is 13.2 Å². The van der Waals surface area contributed by atoms with Crippen molar-refractivity contribution in [3.63, 3.8) is 0 Å². The van der Waals surface area contributed by atoms with E-state index in [-0.39, 0.29) is 12.8 Å². The van der Waals surface area contributed by atoms with Gasteiger partial charge in [0.05, 0.1) is 10.9 Å². The molecule has 0 unspecified atom stereocenters. The van der Waals surface area contributed by atoms with Crippen LogP contribution in [0.15, 0.2) is 0 Å². The lowest BCUT2D eigenvalue weighted by molar-refractivity contribution is -0.0526. The van der Waals surface area contributed by atoms with Crippen molar-refractivity contribution < 1.29 is 31.8 Å². The van der Waals surface area contributed by atoms with Crippen molar-refractivity contribution in [1.29, 1.82) is 0 Å². The van der Waals surface area contributed by atoms with Crippen LogP contribution in [0, 0.1) is 10.8 Å². The smallest absolute Gasteiger partial charge is 0.390 e. The highest BCUT2D eigenvalue weighted by Crippen LogP contribution is 2.93. The minimum absolute atomic E-state index is 0.115. The van der Waals surface area contributed by atoms with Crippen LogP contribution >= 0.6 is 0 Å². The Kier molecular flexibility index (Phi) is 2.53. The maximum atomic E-state index is 13.2. The summed E-state index contributed by atoms with van der Waals surface area (Å²) >= 11 is 0. The summed E-state index contributed by atoms with van der Waals surface area (Å²) < 4.78 is 62.0. The average Bonchev–Trinajstić information content (AvgIpc) is 2.84. The number of hydrogen-bond donors (Lipinski definition) is 2. The van der Waals surface area contributed by atoms with Crippen LogP contribution < -0.4 is 0 Å². The van der Waals surface area contributed by atoms with Crippen molar-refractivity contribution in [2.75, 3.05) is 0 Å². The number of halogens is 3. The molecule has 4 fully saturated rings. The Morgan fingerprint density at radius 3 is 2.05 bits per heavy atom. The van der Waals surface area contributed by atoms with Crippen LogP contribution in [-0.2, 0) is 9.84 Å². The Labute approximate surface area is 126 Å². The van der Waals surface area contributed by atoms with Gasteiger partial charge in [0.15, 0.2) is 0 Å². The van der Waals surface area contributed by atoms with Gasteiger partial charge in [-0.1, -0.05) is 19.3 Å². The lowest BCUT2D eigenvalue weighted by Gasteiger charge is -2.51. The maximum absolute atomic E-state index is 13.2. The molecule has 2 spiro atoms. The largest absolute Gasteiger partial charge is 0.497 e. The zero-order chi connectivity index (χ0) is 16.2. The van der Waals surface area contributed by atoms with Gasteiger partial charge < -0.3 is 10.2 Å². The summed E-state index contributed by atoms with van der Waals surface area (Å²) in [6, 6.07) is 0. The van der Waals surface area contributed by atoms with E-state index in [0.717, 1.165) is 19.3 Å². The summed E-state index contributed by atoms with van der Waals surface area (Å²) in [5.74, 6) is 0. The van der Waals surface area contributed by atoms with Crippen molar-refractivity contribution in [1.82, 2.24) is 0 Å². The van der Waals surface area contributed by atoms with E-state index >= 15 is 0 Å². The Morgan fingerprint density at radius 1 is 1.00 bits per heavy atom. The van der Waals surface area contributed by atoms with Gasteiger partial charge in [0.25, 0.3) is 9.84 Å². The van der Waals surface area contributed by atoms with Gasteiger partial charge in [0, 0.05) is 10.8 Å². The van der Waals surface area contributed by atoms with Crippen LogP contribution in [0.3, 0.4) is 0 Å². The molecule has 126 valence electrons.